The fraction of sp³-hybridized carbons (Fsp3) is 0.600. The summed E-state index contributed by atoms with van der Waals surface area (Å²) in [4.78, 5) is 0. The van der Waals surface area contributed by atoms with Gasteiger partial charge in [-0.15, -0.1) is 0 Å². The zero-order valence-electron chi connectivity index (χ0n) is 11.8. The Morgan fingerprint density at radius 2 is 2.32 bits per heavy atom. The summed E-state index contributed by atoms with van der Waals surface area (Å²) in [5, 5.41) is 3.32. The van der Waals surface area contributed by atoms with E-state index in [1.807, 2.05) is 18.2 Å². The molecule has 0 aromatic heterocycles. The predicted molar refractivity (Wildman–Crippen MR) is 74.8 cm³/mol. The minimum absolute atomic E-state index is 0.234. The molecule has 0 amide bonds. The molecule has 19 heavy (non-hydrogen) atoms. The third kappa shape index (κ3) is 4.11. The fourth-order valence-electron chi connectivity index (χ4n) is 2.16. The molecule has 0 spiro atoms. The number of rotatable bonds is 7. The number of hydrogen-bond acceptors (Lipinski definition) is 4. The van der Waals surface area contributed by atoms with Gasteiger partial charge in [-0.2, -0.15) is 0 Å². The Balaban J connectivity index is 2.00. The summed E-state index contributed by atoms with van der Waals surface area (Å²) in [5.41, 5.74) is 1.15. The predicted octanol–water partition coefficient (Wildman–Crippen LogP) is 2.36. The van der Waals surface area contributed by atoms with Gasteiger partial charge in [0.15, 0.2) is 0 Å². The van der Waals surface area contributed by atoms with Crippen LogP contribution in [0.3, 0.4) is 0 Å². The van der Waals surface area contributed by atoms with Crippen molar-refractivity contribution in [3.8, 4) is 11.5 Å². The van der Waals surface area contributed by atoms with Crippen molar-refractivity contribution in [2.45, 2.75) is 32.4 Å². The van der Waals surface area contributed by atoms with Crippen LogP contribution >= 0.6 is 0 Å². The first-order chi connectivity index (χ1) is 9.33. The molecule has 1 aromatic carbocycles. The van der Waals surface area contributed by atoms with E-state index in [-0.39, 0.29) is 6.10 Å². The van der Waals surface area contributed by atoms with Crippen LogP contribution in [0, 0.1) is 0 Å². The summed E-state index contributed by atoms with van der Waals surface area (Å²) >= 11 is 0. The van der Waals surface area contributed by atoms with E-state index >= 15 is 0 Å². The molecule has 1 saturated heterocycles. The highest BCUT2D eigenvalue weighted by Gasteiger charge is 2.17. The Morgan fingerprint density at radius 3 is 3.00 bits per heavy atom. The molecule has 4 heteroatoms. The lowest BCUT2D eigenvalue weighted by atomic mass is 10.2. The van der Waals surface area contributed by atoms with Crippen molar-refractivity contribution in [1.82, 2.24) is 5.32 Å². The molecule has 1 unspecified atom stereocenters. The first-order valence-electron chi connectivity index (χ1n) is 6.95. The molecule has 1 heterocycles. The van der Waals surface area contributed by atoms with E-state index in [2.05, 4.69) is 12.2 Å². The Morgan fingerprint density at radius 1 is 1.42 bits per heavy atom. The average molecular weight is 265 g/mol. The third-order valence-corrected chi connectivity index (χ3v) is 3.29. The Bertz CT molecular complexity index is 389. The van der Waals surface area contributed by atoms with Crippen LogP contribution in [-0.2, 0) is 11.3 Å². The molecule has 0 radical (unpaired) electrons. The van der Waals surface area contributed by atoms with E-state index < -0.39 is 0 Å². The van der Waals surface area contributed by atoms with Gasteiger partial charge in [0.1, 0.15) is 18.1 Å². The standard InChI is InChI=1S/C15H23NO3/c1-3-16-10-12-6-7-13(17-2)9-15(12)19-11-14-5-4-8-18-14/h6-7,9,14,16H,3-5,8,10-11H2,1-2H3. The summed E-state index contributed by atoms with van der Waals surface area (Å²) in [7, 11) is 1.67. The highest BCUT2D eigenvalue weighted by atomic mass is 16.5. The average Bonchev–Trinajstić information content (AvgIpc) is 2.96. The number of methoxy groups -OCH3 is 1. The van der Waals surface area contributed by atoms with Crippen molar-refractivity contribution in [1.29, 1.82) is 0 Å². The van der Waals surface area contributed by atoms with E-state index in [1.165, 1.54) is 0 Å². The van der Waals surface area contributed by atoms with E-state index in [9.17, 15) is 0 Å². The number of nitrogens with one attached hydrogen (secondary N) is 1. The highest BCUT2D eigenvalue weighted by Crippen LogP contribution is 2.26. The molecule has 1 aliphatic heterocycles. The molecule has 0 aliphatic carbocycles. The Hall–Kier alpha value is -1.26. The molecular formula is C15H23NO3. The fourth-order valence-corrected chi connectivity index (χ4v) is 2.16. The van der Waals surface area contributed by atoms with Gasteiger partial charge < -0.3 is 19.5 Å². The summed E-state index contributed by atoms with van der Waals surface area (Å²) in [6, 6.07) is 5.96. The molecule has 4 nitrogen and oxygen atoms in total. The third-order valence-electron chi connectivity index (χ3n) is 3.29. The van der Waals surface area contributed by atoms with Crippen molar-refractivity contribution in [2.24, 2.45) is 0 Å². The lowest BCUT2D eigenvalue weighted by molar-refractivity contribution is 0.0675. The van der Waals surface area contributed by atoms with Gasteiger partial charge in [0.2, 0.25) is 0 Å². The van der Waals surface area contributed by atoms with E-state index in [1.54, 1.807) is 7.11 Å². The minimum atomic E-state index is 0.234. The van der Waals surface area contributed by atoms with Crippen LogP contribution in [0.1, 0.15) is 25.3 Å². The quantitative estimate of drug-likeness (QED) is 0.821. The smallest absolute Gasteiger partial charge is 0.127 e. The van der Waals surface area contributed by atoms with Crippen molar-refractivity contribution in [3.05, 3.63) is 23.8 Å². The minimum Gasteiger partial charge on any atom is -0.497 e. The van der Waals surface area contributed by atoms with Gasteiger partial charge >= 0.3 is 0 Å². The second-order valence-corrected chi connectivity index (χ2v) is 4.70. The molecule has 1 N–H and O–H groups in total. The number of ether oxygens (including phenoxy) is 3. The van der Waals surface area contributed by atoms with E-state index in [4.69, 9.17) is 14.2 Å². The lowest BCUT2D eigenvalue weighted by Gasteiger charge is -2.16. The highest BCUT2D eigenvalue weighted by molar-refractivity contribution is 5.40. The maximum absolute atomic E-state index is 5.92. The monoisotopic (exact) mass is 265 g/mol. The SMILES string of the molecule is CCNCc1ccc(OC)cc1OCC1CCCO1. The van der Waals surface area contributed by atoms with Crippen LogP contribution in [0.4, 0.5) is 0 Å². The Labute approximate surface area is 115 Å². The van der Waals surface area contributed by atoms with E-state index in [0.717, 1.165) is 49.6 Å². The van der Waals surface area contributed by atoms with Crippen LogP contribution in [0.25, 0.3) is 0 Å². The summed E-state index contributed by atoms with van der Waals surface area (Å²) in [5.74, 6) is 1.71. The maximum Gasteiger partial charge on any atom is 0.127 e. The van der Waals surface area contributed by atoms with Crippen LogP contribution in [-0.4, -0.2) is 33.0 Å². The van der Waals surface area contributed by atoms with Gasteiger partial charge in [0.25, 0.3) is 0 Å². The first-order valence-corrected chi connectivity index (χ1v) is 6.95. The van der Waals surface area contributed by atoms with Crippen molar-refractivity contribution < 1.29 is 14.2 Å². The molecule has 1 atom stereocenters. The molecule has 0 bridgehead atoms. The Kier molecular flexibility index (Phi) is 5.48. The van der Waals surface area contributed by atoms with Gasteiger partial charge in [-0.3, -0.25) is 0 Å². The first kappa shape index (κ1) is 14.2. The van der Waals surface area contributed by atoms with Gasteiger partial charge in [-0.25, -0.2) is 0 Å². The summed E-state index contributed by atoms with van der Waals surface area (Å²) < 4.78 is 16.8. The summed E-state index contributed by atoms with van der Waals surface area (Å²) in [6.07, 6.45) is 2.46. The second kappa shape index (κ2) is 7.36. The molecular weight excluding hydrogens is 242 g/mol. The topological polar surface area (TPSA) is 39.7 Å². The zero-order valence-corrected chi connectivity index (χ0v) is 11.8. The lowest BCUT2D eigenvalue weighted by Crippen LogP contribution is -2.18. The van der Waals surface area contributed by atoms with Crippen molar-refractivity contribution >= 4 is 0 Å². The molecule has 1 aromatic rings. The van der Waals surface area contributed by atoms with Crippen molar-refractivity contribution in [3.63, 3.8) is 0 Å². The van der Waals surface area contributed by atoms with Gasteiger partial charge in [0, 0.05) is 24.8 Å². The van der Waals surface area contributed by atoms with Gasteiger partial charge in [-0.1, -0.05) is 13.0 Å². The number of hydrogen-bond donors (Lipinski definition) is 1. The van der Waals surface area contributed by atoms with Crippen LogP contribution < -0.4 is 14.8 Å². The number of benzene rings is 1. The van der Waals surface area contributed by atoms with Crippen LogP contribution in [0.15, 0.2) is 18.2 Å². The molecule has 106 valence electrons. The van der Waals surface area contributed by atoms with Gasteiger partial charge in [0.05, 0.1) is 13.2 Å². The van der Waals surface area contributed by atoms with Crippen LogP contribution in [0.2, 0.25) is 0 Å². The van der Waals surface area contributed by atoms with Crippen LogP contribution in [0.5, 0.6) is 11.5 Å². The molecule has 0 saturated carbocycles. The van der Waals surface area contributed by atoms with Gasteiger partial charge in [-0.05, 0) is 25.5 Å². The molecule has 1 fully saturated rings. The maximum atomic E-state index is 5.92. The summed E-state index contributed by atoms with van der Waals surface area (Å²) in [6.45, 7) is 5.32. The zero-order chi connectivity index (χ0) is 13.5. The molecule has 2 rings (SSSR count). The normalized spacial score (nSPS) is 18.5. The largest absolute Gasteiger partial charge is 0.497 e. The molecule has 1 aliphatic rings. The van der Waals surface area contributed by atoms with E-state index in [0.29, 0.717) is 6.61 Å². The second-order valence-electron chi connectivity index (χ2n) is 4.70. The van der Waals surface area contributed by atoms with Crippen molar-refractivity contribution in [2.75, 3.05) is 26.9 Å².